The molecule has 19 heavy (non-hydrogen) atoms. The van der Waals surface area contributed by atoms with Crippen LogP contribution in [0.1, 0.15) is 11.1 Å². The van der Waals surface area contributed by atoms with Gasteiger partial charge >= 0.3 is 0 Å². The van der Waals surface area contributed by atoms with Gasteiger partial charge in [-0.15, -0.1) is 5.10 Å². The second-order valence-electron chi connectivity index (χ2n) is 4.24. The summed E-state index contributed by atoms with van der Waals surface area (Å²) in [6, 6.07) is 5.86. The molecule has 5 nitrogen and oxygen atoms in total. The number of aryl methyl sites for hydroxylation is 1. The second kappa shape index (κ2) is 4.97. The zero-order chi connectivity index (χ0) is 13.2. The predicted octanol–water partition coefficient (Wildman–Crippen LogP) is 2.81. The molecule has 0 atom stereocenters. The van der Waals surface area contributed by atoms with Gasteiger partial charge in [-0.05, 0) is 52.2 Å². The molecule has 3 aromatic heterocycles. The van der Waals surface area contributed by atoms with Crippen molar-refractivity contribution >= 4 is 27.5 Å². The molecule has 0 aliphatic rings. The summed E-state index contributed by atoms with van der Waals surface area (Å²) >= 11 is 3.41. The van der Waals surface area contributed by atoms with Gasteiger partial charge in [0.15, 0.2) is 5.65 Å². The average Bonchev–Trinajstić information content (AvgIpc) is 2.79. The summed E-state index contributed by atoms with van der Waals surface area (Å²) < 4.78 is 2.72. The van der Waals surface area contributed by atoms with Crippen LogP contribution in [0.25, 0.3) is 5.65 Å². The zero-order valence-corrected chi connectivity index (χ0v) is 11.9. The maximum atomic E-state index is 4.40. The van der Waals surface area contributed by atoms with E-state index in [1.165, 1.54) is 5.56 Å². The Kier molecular flexibility index (Phi) is 3.16. The van der Waals surface area contributed by atoms with E-state index in [0.29, 0.717) is 12.5 Å². The van der Waals surface area contributed by atoms with Gasteiger partial charge < -0.3 is 5.32 Å². The topological polar surface area (TPSA) is 55.1 Å². The highest BCUT2D eigenvalue weighted by atomic mass is 79.9. The molecule has 6 heteroatoms. The molecule has 96 valence electrons. The molecule has 0 unspecified atom stereocenters. The van der Waals surface area contributed by atoms with Crippen molar-refractivity contribution in [1.29, 1.82) is 0 Å². The molecular formula is C13H12BrN5. The number of hydrogen-bond donors (Lipinski definition) is 1. The Labute approximate surface area is 118 Å². The molecule has 0 spiro atoms. The quantitative estimate of drug-likeness (QED) is 0.807. The number of halogens is 1. The van der Waals surface area contributed by atoms with E-state index in [-0.39, 0.29) is 0 Å². The van der Waals surface area contributed by atoms with Crippen molar-refractivity contribution in [2.45, 2.75) is 13.5 Å². The van der Waals surface area contributed by atoms with Gasteiger partial charge in [0.25, 0.3) is 0 Å². The third-order valence-electron chi connectivity index (χ3n) is 2.87. The Morgan fingerprint density at radius 1 is 1.32 bits per heavy atom. The SMILES string of the molecule is Cc1cnccc1CNc1nc2ccc(Br)cn2n1. The van der Waals surface area contributed by atoms with E-state index in [1.807, 2.05) is 37.5 Å². The fourth-order valence-electron chi connectivity index (χ4n) is 1.81. The smallest absolute Gasteiger partial charge is 0.243 e. The maximum absolute atomic E-state index is 4.40. The number of aromatic nitrogens is 4. The van der Waals surface area contributed by atoms with Crippen molar-refractivity contribution in [3.8, 4) is 0 Å². The number of anilines is 1. The minimum Gasteiger partial charge on any atom is -0.349 e. The van der Waals surface area contributed by atoms with Crippen molar-refractivity contribution in [2.75, 3.05) is 5.32 Å². The van der Waals surface area contributed by atoms with E-state index in [9.17, 15) is 0 Å². The summed E-state index contributed by atoms with van der Waals surface area (Å²) in [7, 11) is 0. The van der Waals surface area contributed by atoms with Crippen molar-refractivity contribution < 1.29 is 0 Å². The molecule has 3 heterocycles. The van der Waals surface area contributed by atoms with Crippen LogP contribution < -0.4 is 5.32 Å². The predicted molar refractivity (Wildman–Crippen MR) is 77.0 cm³/mol. The van der Waals surface area contributed by atoms with Gasteiger partial charge in [0.1, 0.15) is 0 Å². The fourth-order valence-corrected chi connectivity index (χ4v) is 2.13. The maximum Gasteiger partial charge on any atom is 0.243 e. The molecule has 0 aliphatic carbocycles. The van der Waals surface area contributed by atoms with Gasteiger partial charge in [0.2, 0.25) is 5.95 Å². The molecule has 0 aliphatic heterocycles. The lowest BCUT2D eigenvalue weighted by Crippen LogP contribution is -2.03. The number of fused-ring (bicyclic) bond motifs is 1. The highest BCUT2D eigenvalue weighted by Crippen LogP contribution is 2.13. The first kappa shape index (κ1) is 12.1. The van der Waals surface area contributed by atoms with E-state index < -0.39 is 0 Å². The number of pyridine rings is 2. The lowest BCUT2D eigenvalue weighted by molar-refractivity contribution is 0.944. The van der Waals surface area contributed by atoms with E-state index >= 15 is 0 Å². The van der Waals surface area contributed by atoms with Gasteiger partial charge in [-0.3, -0.25) is 4.98 Å². The molecule has 0 bridgehead atoms. The van der Waals surface area contributed by atoms with Crippen LogP contribution in [0.15, 0.2) is 41.3 Å². The third kappa shape index (κ3) is 2.58. The van der Waals surface area contributed by atoms with Crippen LogP contribution >= 0.6 is 15.9 Å². The van der Waals surface area contributed by atoms with Crippen molar-refractivity contribution in [2.24, 2.45) is 0 Å². The number of hydrogen-bond acceptors (Lipinski definition) is 4. The first-order chi connectivity index (χ1) is 9.22. The van der Waals surface area contributed by atoms with Gasteiger partial charge in [0.05, 0.1) is 0 Å². The highest BCUT2D eigenvalue weighted by molar-refractivity contribution is 9.10. The van der Waals surface area contributed by atoms with Crippen molar-refractivity contribution in [1.82, 2.24) is 19.6 Å². The van der Waals surface area contributed by atoms with Crippen LogP contribution in [-0.2, 0) is 6.54 Å². The van der Waals surface area contributed by atoms with Gasteiger partial charge in [-0.1, -0.05) is 0 Å². The lowest BCUT2D eigenvalue weighted by Gasteiger charge is -2.04. The molecule has 3 rings (SSSR count). The summed E-state index contributed by atoms with van der Waals surface area (Å²) in [6.07, 6.45) is 5.52. The standard InChI is InChI=1S/C13H12BrN5/c1-9-6-15-5-4-10(9)7-16-13-17-12-3-2-11(14)8-19(12)18-13/h2-6,8H,7H2,1H3,(H,16,18). The average molecular weight is 318 g/mol. The van der Waals surface area contributed by atoms with Gasteiger partial charge in [0, 0.05) is 29.6 Å². The summed E-state index contributed by atoms with van der Waals surface area (Å²) in [5.41, 5.74) is 3.16. The van der Waals surface area contributed by atoms with E-state index in [2.05, 4.69) is 36.3 Å². The van der Waals surface area contributed by atoms with Crippen LogP contribution in [0.5, 0.6) is 0 Å². The number of rotatable bonds is 3. The Morgan fingerprint density at radius 3 is 3.05 bits per heavy atom. The first-order valence-electron chi connectivity index (χ1n) is 5.88. The Morgan fingerprint density at radius 2 is 2.21 bits per heavy atom. The van der Waals surface area contributed by atoms with Gasteiger partial charge in [-0.25, -0.2) is 4.52 Å². The molecule has 0 saturated carbocycles. The minimum absolute atomic E-state index is 0.620. The van der Waals surface area contributed by atoms with Crippen LogP contribution in [0.4, 0.5) is 5.95 Å². The normalized spacial score (nSPS) is 10.8. The third-order valence-corrected chi connectivity index (χ3v) is 3.34. The summed E-state index contributed by atoms with van der Waals surface area (Å²) in [5, 5.41) is 7.59. The molecule has 0 fully saturated rings. The Bertz CT molecular complexity index is 722. The van der Waals surface area contributed by atoms with Gasteiger partial charge in [-0.2, -0.15) is 4.98 Å². The molecule has 1 N–H and O–H groups in total. The van der Waals surface area contributed by atoms with Crippen LogP contribution in [0.2, 0.25) is 0 Å². The second-order valence-corrected chi connectivity index (χ2v) is 5.16. The lowest BCUT2D eigenvalue weighted by atomic mass is 10.1. The zero-order valence-electron chi connectivity index (χ0n) is 10.3. The molecule has 0 saturated heterocycles. The summed E-state index contributed by atoms with van der Waals surface area (Å²) in [4.78, 5) is 8.48. The van der Waals surface area contributed by atoms with Crippen molar-refractivity contribution in [3.63, 3.8) is 0 Å². The Hall–Kier alpha value is -1.95. The summed E-state index contributed by atoms with van der Waals surface area (Å²) in [5.74, 6) is 0.620. The van der Waals surface area contributed by atoms with Crippen LogP contribution in [0.3, 0.4) is 0 Å². The highest BCUT2D eigenvalue weighted by Gasteiger charge is 2.04. The fraction of sp³-hybridized carbons (Fsp3) is 0.154. The molecule has 0 radical (unpaired) electrons. The van der Waals surface area contributed by atoms with Crippen LogP contribution in [0, 0.1) is 6.92 Å². The minimum atomic E-state index is 0.620. The molecular weight excluding hydrogens is 306 g/mol. The largest absolute Gasteiger partial charge is 0.349 e. The Balaban J connectivity index is 1.80. The van der Waals surface area contributed by atoms with E-state index in [1.54, 1.807) is 10.7 Å². The number of nitrogens with zero attached hydrogens (tertiary/aromatic N) is 4. The molecule has 0 amide bonds. The first-order valence-corrected chi connectivity index (χ1v) is 6.67. The number of nitrogens with one attached hydrogen (secondary N) is 1. The summed E-state index contributed by atoms with van der Waals surface area (Å²) in [6.45, 7) is 2.73. The van der Waals surface area contributed by atoms with Crippen molar-refractivity contribution in [3.05, 3.63) is 52.4 Å². The molecule has 3 aromatic rings. The van der Waals surface area contributed by atoms with Crippen LogP contribution in [-0.4, -0.2) is 19.6 Å². The monoisotopic (exact) mass is 317 g/mol. The van der Waals surface area contributed by atoms with E-state index in [4.69, 9.17) is 0 Å². The molecule has 0 aromatic carbocycles. The van der Waals surface area contributed by atoms with E-state index in [0.717, 1.165) is 15.7 Å².